The van der Waals surface area contributed by atoms with Crippen molar-refractivity contribution in [3.05, 3.63) is 30.3 Å². The molecule has 0 bridgehead atoms. The van der Waals surface area contributed by atoms with Crippen LogP contribution in [0.4, 0.5) is 0 Å². The van der Waals surface area contributed by atoms with Crippen molar-refractivity contribution in [2.24, 2.45) is 4.99 Å². The van der Waals surface area contributed by atoms with Crippen LogP contribution >= 0.6 is 0 Å². The van der Waals surface area contributed by atoms with Gasteiger partial charge >= 0.3 is 0 Å². The third kappa shape index (κ3) is 7.97. The first kappa shape index (κ1) is 24.2. The Labute approximate surface area is 181 Å². The number of nitrogens with one attached hydrogen (secondary N) is 2. The molecule has 1 aliphatic heterocycles. The van der Waals surface area contributed by atoms with Crippen molar-refractivity contribution < 1.29 is 13.2 Å². The number of rotatable bonds is 10. The molecule has 1 heterocycles. The van der Waals surface area contributed by atoms with Gasteiger partial charge in [-0.2, -0.15) is 0 Å². The van der Waals surface area contributed by atoms with Crippen molar-refractivity contribution in [1.29, 1.82) is 0 Å². The molecule has 1 aromatic carbocycles. The Morgan fingerprint density at radius 1 is 1.17 bits per heavy atom. The molecule has 1 aliphatic rings. The van der Waals surface area contributed by atoms with Gasteiger partial charge in [0, 0.05) is 38.6 Å². The molecule has 1 fully saturated rings. The number of amides is 1. The number of sulfone groups is 1. The zero-order chi connectivity index (χ0) is 21.8. The van der Waals surface area contributed by atoms with Crippen LogP contribution in [0, 0.1) is 0 Å². The third-order valence-corrected chi connectivity index (χ3v) is 7.06. The van der Waals surface area contributed by atoms with E-state index in [0.29, 0.717) is 36.8 Å². The summed E-state index contributed by atoms with van der Waals surface area (Å²) in [5.41, 5.74) is 0. The predicted molar refractivity (Wildman–Crippen MR) is 121 cm³/mol. The number of hydrogen-bond acceptors (Lipinski definition) is 4. The second-order valence-corrected chi connectivity index (χ2v) is 9.68. The summed E-state index contributed by atoms with van der Waals surface area (Å²) in [4.78, 5) is 19.0. The van der Waals surface area contributed by atoms with Crippen molar-refractivity contribution in [3.8, 4) is 0 Å². The second-order valence-electron chi connectivity index (χ2n) is 7.65. The van der Waals surface area contributed by atoms with Gasteiger partial charge in [-0.3, -0.25) is 9.79 Å². The fraction of sp³-hybridized carbons (Fsp3) is 0.636. The molecule has 2 rings (SSSR count). The standard InChI is InChI=1S/C22H36N4O3S/c1-3-19(18-30(28,29)20-12-7-5-8-13-20)25-22(23-4-2)24-15-11-17-26-16-10-6-9-14-21(26)27/h5,7-8,12-13,19H,3-4,6,9-11,14-18H2,1-2H3,(H2,23,24,25). The van der Waals surface area contributed by atoms with Crippen molar-refractivity contribution in [1.82, 2.24) is 15.5 Å². The van der Waals surface area contributed by atoms with Crippen LogP contribution in [0.2, 0.25) is 0 Å². The van der Waals surface area contributed by atoms with Gasteiger partial charge in [0.1, 0.15) is 0 Å². The lowest BCUT2D eigenvalue weighted by atomic mass is 10.2. The Morgan fingerprint density at radius 2 is 1.93 bits per heavy atom. The largest absolute Gasteiger partial charge is 0.357 e. The van der Waals surface area contributed by atoms with E-state index in [9.17, 15) is 13.2 Å². The Balaban J connectivity index is 1.91. The van der Waals surface area contributed by atoms with Gasteiger partial charge in [0.2, 0.25) is 5.91 Å². The molecule has 1 aromatic rings. The van der Waals surface area contributed by atoms with Gasteiger partial charge in [-0.05, 0) is 44.7 Å². The van der Waals surface area contributed by atoms with Crippen LogP contribution in [-0.2, 0) is 14.6 Å². The molecule has 2 N–H and O–H groups in total. The highest BCUT2D eigenvalue weighted by Crippen LogP contribution is 2.13. The number of hydrogen-bond donors (Lipinski definition) is 2. The molecule has 1 saturated heterocycles. The molecule has 0 radical (unpaired) electrons. The summed E-state index contributed by atoms with van der Waals surface area (Å²) >= 11 is 0. The zero-order valence-electron chi connectivity index (χ0n) is 18.3. The second kappa shape index (κ2) is 12.6. The van der Waals surface area contributed by atoms with E-state index in [0.717, 1.165) is 38.8 Å². The minimum Gasteiger partial charge on any atom is -0.357 e. The van der Waals surface area contributed by atoms with Crippen LogP contribution in [0.25, 0.3) is 0 Å². The summed E-state index contributed by atoms with van der Waals surface area (Å²) in [6, 6.07) is 8.31. The lowest BCUT2D eigenvalue weighted by Crippen LogP contribution is -2.46. The molecule has 1 unspecified atom stereocenters. The van der Waals surface area contributed by atoms with E-state index in [4.69, 9.17) is 0 Å². The van der Waals surface area contributed by atoms with Crippen LogP contribution in [0.15, 0.2) is 40.2 Å². The first-order valence-electron chi connectivity index (χ1n) is 11.1. The summed E-state index contributed by atoms with van der Waals surface area (Å²) in [5, 5.41) is 6.46. The van der Waals surface area contributed by atoms with Crippen molar-refractivity contribution >= 4 is 21.7 Å². The molecule has 1 atom stereocenters. The SMILES string of the molecule is CCNC(=NCCCN1CCCCCC1=O)NC(CC)CS(=O)(=O)c1ccccc1. The molecular formula is C22H36N4O3S. The van der Waals surface area contributed by atoms with Gasteiger partial charge in [-0.1, -0.05) is 31.5 Å². The van der Waals surface area contributed by atoms with Gasteiger partial charge in [0.15, 0.2) is 15.8 Å². The van der Waals surface area contributed by atoms with E-state index in [2.05, 4.69) is 15.6 Å². The number of likely N-dealkylation sites (tertiary alicyclic amines) is 1. The average Bonchev–Trinajstić information content (AvgIpc) is 2.95. The number of guanidine groups is 1. The molecule has 0 aliphatic carbocycles. The van der Waals surface area contributed by atoms with Crippen LogP contribution < -0.4 is 10.6 Å². The fourth-order valence-electron chi connectivity index (χ4n) is 3.49. The highest BCUT2D eigenvalue weighted by Gasteiger charge is 2.21. The minimum absolute atomic E-state index is 0.0141. The number of benzene rings is 1. The van der Waals surface area contributed by atoms with E-state index in [-0.39, 0.29) is 17.7 Å². The summed E-state index contributed by atoms with van der Waals surface area (Å²) < 4.78 is 25.4. The number of carbonyl (C=O) groups is 1. The van der Waals surface area contributed by atoms with E-state index < -0.39 is 9.84 Å². The van der Waals surface area contributed by atoms with Crippen LogP contribution in [-0.4, -0.2) is 63.2 Å². The Morgan fingerprint density at radius 3 is 2.63 bits per heavy atom. The van der Waals surface area contributed by atoms with Gasteiger partial charge < -0.3 is 15.5 Å². The van der Waals surface area contributed by atoms with E-state index >= 15 is 0 Å². The first-order chi connectivity index (χ1) is 14.5. The summed E-state index contributed by atoms with van der Waals surface area (Å²) in [6.45, 7) is 6.79. The predicted octanol–water partition coefficient (Wildman–Crippen LogP) is 2.59. The van der Waals surface area contributed by atoms with Crippen molar-refractivity contribution in [3.63, 3.8) is 0 Å². The lowest BCUT2D eigenvalue weighted by Gasteiger charge is -2.21. The maximum absolute atomic E-state index is 12.7. The highest BCUT2D eigenvalue weighted by molar-refractivity contribution is 7.91. The Kier molecular flexibility index (Phi) is 10.1. The quantitative estimate of drug-likeness (QED) is 0.334. The molecule has 0 saturated carbocycles. The molecule has 0 aromatic heterocycles. The van der Waals surface area contributed by atoms with Crippen molar-refractivity contribution in [2.75, 3.05) is 31.9 Å². The maximum atomic E-state index is 12.7. The van der Waals surface area contributed by atoms with E-state index in [1.807, 2.05) is 24.8 Å². The molecule has 1 amide bonds. The van der Waals surface area contributed by atoms with Crippen LogP contribution in [0.1, 0.15) is 52.4 Å². The van der Waals surface area contributed by atoms with E-state index in [1.54, 1.807) is 24.3 Å². The lowest BCUT2D eigenvalue weighted by molar-refractivity contribution is -0.130. The summed E-state index contributed by atoms with van der Waals surface area (Å²) in [7, 11) is -3.37. The minimum atomic E-state index is -3.37. The number of carbonyl (C=O) groups excluding carboxylic acids is 1. The average molecular weight is 437 g/mol. The fourth-order valence-corrected chi connectivity index (χ4v) is 5.10. The smallest absolute Gasteiger partial charge is 0.222 e. The molecule has 168 valence electrons. The molecule has 0 spiro atoms. The number of nitrogens with zero attached hydrogens (tertiary/aromatic N) is 2. The summed E-state index contributed by atoms with van der Waals surface area (Å²) in [5.74, 6) is 0.883. The molecule has 30 heavy (non-hydrogen) atoms. The van der Waals surface area contributed by atoms with E-state index in [1.165, 1.54) is 0 Å². The normalized spacial score (nSPS) is 16.8. The molecule has 7 nitrogen and oxygen atoms in total. The monoisotopic (exact) mass is 436 g/mol. The topological polar surface area (TPSA) is 90.9 Å². The van der Waals surface area contributed by atoms with Crippen molar-refractivity contribution in [2.45, 2.75) is 63.3 Å². The Hall–Kier alpha value is -2.09. The van der Waals surface area contributed by atoms with Gasteiger partial charge in [-0.15, -0.1) is 0 Å². The highest BCUT2D eigenvalue weighted by atomic mass is 32.2. The van der Waals surface area contributed by atoms with Crippen LogP contribution in [0.3, 0.4) is 0 Å². The Bertz CT molecular complexity index is 781. The van der Waals surface area contributed by atoms with Gasteiger partial charge in [0.25, 0.3) is 0 Å². The molecule has 8 heteroatoms. The third-order valence-electron chi connectivity index (χ3n) is 5.23. The molecular weight excluding hydrogens is 400 g/mol. The van der Waals surface area contributed by atoms with Gasteiger partial charge in [0.05, 0.1) is 10.6 Å². The zero-order valence-corrected chi connectivity index (χ0v) is 19.1. The number of aliphatic imine (C=N–C) groups is 1. The van der Waals surface area contributed by atoms with Gasteiger partial charge in [-0.25, -0.2) is 8.42 Å². The summed E-state index contributed by atoms with van der Waals surface area (Å²) in [6.07, 6.45) is 5.31. The maximum Gasteiger partial charge on any atom is 0.222 e. The first-order valence-corrected chi connectivity index (χ1v) is 12.7. The van der Waals surface area contributed by atoms with Crippen LogP contribution in [0.5, 0.6) is 0 Å².